The van der Waals surface area contributed by atoms with E-state index in [1.54, 1.807) is 0 Å². The topological polar surface area (TPSA) is 29.5 Å². The molecule has 0 spiro atoms. The van der Waals surface area contributed by atoms with Crippen molar-refractivity contribution in [3.05, 3.63) is 89.1 Å². The Bertz CT molecular complexity index is 912. The molecular weight excluding hydrogens is 322 g/mol. The van der Waals surface area contributed by atoms with Crippen molar-refractivity contribution in [2.45, 2.75) is 32.2 Å². The van der Waals surface area contributed by atoms with Crippen molar-refractivity contribution in [1.29, 1.82) is 0 Å². The molecule has 3 heteroatoms. The number of allylic oxidation sites excluding steroid dienone is 4. The largest absolute Gasteiger partial charge is 0.462 e. The third-order valence-electron chi connectivity index (χ3n) is 5.34. The van der Waals surface area contributed by atoms with E-state index in [0.29, 0.717) is 12.2 Å². The van der Waals surface area contributed by atoms with Crippen molar-refractivity contribution in [1.82, 2.24) is 0 Å². The predicted octanol–water partition coefficient (Wildman–Crippen LogP) is 4.99. The van der Waals surface area contributed by atoms with Crippen molar-refractivity contribution in [3.8, 4) is 0 Å². The average molecular weight is 345 g/mol. The fourth-order valence-corrected chi connectivity index (χ4v) is 4.06. The van der Waals surface area contributed by atoms with Crippen LogP contribution in [0.1, 0.15) is 41.8 Å². The second kappa shape index (κ2) is 6.49. The van der Waals surface area contributed by atoms with E-state index in [9.17, 15) is 4.79 Å². The van der Waals surface area contributed by atoms with E-state index in [1.165, 1.54) is 16.9 Å². The van der Waals surface area contributed by atoms with Crippen molar-refractivity contribution in [3.63, 3.8) is 0 Å². The Morgan fingerprint density at radius 1 is 1.19 bits per heavy atom. The molecule has 1 aliphatic heterocycles. The second-order valence-electron chi connectivity index (χ2n) is 7.04. The molecule has 1 atom stereocenters. The molecule has 1 unspecified atom stereocenters. The fraction of sp³-hybridized carbons (Fsp3) is 0.261. The van der Waals surface area contributed by atoms with Gasteiger partial charge in [-0.15, -0.1) is 0 Å². The number of carbonyl (C=O) groups is 1. The summed E-state index contributed by atoms with van der Waals surface area (Å²) in [7, 11) is 0. The molecule has 4 rings (SSSR count). The lowest BCUT2D eigenvalue weighted by atomic mass is 9.77. The predicted molar refractivity (Wildman–Crippen MR) is 104 cm³/mol. The van der Waals surface area contributed by atoms with Crippen LogP contribution >= 0.6 is 0 Å². The highest BCUT2D eigenvalue weighted by atomic mass is 16.5. The number of esters is 1. The maximum absolute atomic E-state index is 12.1. The minimum Gasteiger partial charge on any atom is -0.462 e. The van der Waals surface area contributed by atoms with Crippen LogP contribution in [-0.4, -0.2) is 12.6 Å². The van der Waals surface area contributed by atoms with Crippen LogP contribution in [0.4, 0.5) is 5.69 Å². The number of carbonyl (C=O) groups excluding carboxylic acids is 1. The summed E-state index contributed by atoms with van der Waals surface area (Å²) in [6.45, 7) is 5.27. The lowest BCUT2D eigenvalue weighted by Crippen LogP contribution is -2.29. The minimum absolute atomic E-state index is 0.0180. The Kier molecular flexibility index (Phi) is 4.15. The Hall–Kier alpha value is -2.81. The van der Waals surface area contributed by atoms with Crippen LogP contribution in [0.3, 0.4) is 0 Å². The number of ether oxygens (including phenoxy) is 1. The molecule has 0 fully saturated rings. The summed E-state index contributed by atoms with van der Waals surface area (Å²) in [5, 5.41) is 0. The smallest absolute Gasteiger partial charge is 0.338 e. The standard InChI is InChI=1S/C23H23NO2/c1-3-26-22(25)18-10-8-9-17(15-18)16-24-20-12-5-4-11-19(20)23(2)14-7-6-13-21(23)24/h4-13,15H,3,14,16H2,1-2H3. The molecule has 0 saturated heterocycles. The van der Waals surface area contributed by atoms with Crippen LogP contribution in [0.25, 0.3) is 0 Å². The van der Waals surface area contributed by atoms with Gasteiger partial charge in [0.2, 0.25) is 0 Å². The molecule has 0 aromatic heterocycles. The molecule has 1 heterocycles. The van der Waals surface area contributed by atoms with Crippen LogP contribution in [0.15, 0.2) is 72.5 Å². The van der Waals surface area contributed by atoms with Gasteiger partial charge in [0.1, 0.15) is 0 Å². The van der Waals surface area contributed by atoms with Gasteiger partial charge in [0.05, 0.1) is 12.2 Å². The molecule has 0 amide bonds. The van der Waals surface area contributed by atoms with Gasteiger partial charge >= 0.3 is 5.97 Å². The number of hydrogen-bond acceptors (Lipinski definition) is 3. The third kappa shape index (κ3) is 2.64. The van der Waals surface area contributed by atoms with Crippen LogP contribution in [0.5, 0.6) is 0 Å². The molecular formula is C23H23NO2. The summed E-state index contributed by atoms with van der Waals surface area (Å²) in [4.78, 5) is 14.4. The highest BCUT2D eigenvalue weighted by Crippen LogP contribution is 2.51. The number of benzene rings is 2. The highest BCUT2D eigenvalue weighted by Gasteiger charge is 2.43. The van der Waals surface area contributed by atoms with Crippen LogP contribution in [-0.2, 0) is 16.7 Å². The molecule has 0 N–H and O–H groups in total. The van der Waals surface area contributed by atoms with Crippen LogP contribution in [0.2, 0.25) is 0 Å². The third-order valence-corrected chi connectivity index (χ3v) is 5.34. The molecule has 3 nitrogen and oxygen atoms in total. The first-order valence-electron chi connectivity index (χ1n) is 9.14. The van der Waals surface area contributed by atoms with Gasteiger partial charge in [-0.05, 0) is 55.7 Å². The van der Waals surface area contributed by atoms with Crippen molar-refractivity contribution in [2.24, 2.45) is 0 Å². The summed E-state index contributed by atoms with van der Waals surface area (Å²) in [6, 6.07) is 16.4. The van der Waals surface area contributed by atoms with Gasteiger partial charge in [0.25, 0.3) is 0 Å². The van der Waals surface area contributed by atoms with Gasteiger partial charge in [-0.25, -0.2) is 4.79 Å². The Morgan fingerprint density at radius 3 is 2.88 bits per heavy atom. The second-order valence-corrected chi connectivity index (χ2v) is 7.04. The van der Waals surface area contributed by atoms with E-state index in [-0.39, 0.29) is 11.4 Å². The monoisotopic (exact) mass is 345 g/mol. The van der Waals surface area contributed by atoms with Gasteiger partial charge < -0.3 is 9.64 Å². The summed E-state index contributed by atoms with van der Waals surface area (Å²) in [6.07, 6.45) is 7.62. The van der Waals surface area contributed by atoms with Crippen molar-refractivity contribution < 1.29 is 9.53 Å². The van der Waals surface area contributed by atoms with Gasteiger partial charge in [-0.3, -0.25) is 0 Å². The molecule has 2 aromatic carbocycles. The zero-order valence-electron chi connectivity index (χ0n) is 15.2. The van der Waals surface area contributed by atoms with Crippen LogP contribution < -0.4 is 4.90 Å². The van der Waals surface area contributed by atoms with E-state index < -0.39 is 0 Å². The molecule has 0 bridgehead atoms. The quantitative estimate of drug-likeness (QED) is 0.732. The number of hydrogen-bond donors (Lipinski definition) is 0. The van der Waals surface area contributed by atoms with Gasteiger partial charge in [-0.1, -0.05) is 42.5 Å². The van der Waals surface area contributed by atoms with Gasteiger partial charge in [0.15, 0.2) is 0 Å². The normalized spacial score (nSPS) is 20.4. The molecule has 2 aromatic rings. The van der Waals surface area contributed by atoms with Gasteiger partial charge in [0, 0.05) is 23.3 Å². The Morgan fingerprint density at radius 2 is 2.04 bits per heavy atom. The SMILES string of the molecule is CCOC(=O)c1cccc(CN2C3=CC=CCC3(C)c3ccccc32)c1. The van der Waals surface area contributed by atoms with E-state index >= 15 is 0 Å². The highest BCUT2D eigenvalue weighted by molar-refractivity contribution is 5.89. The molecule has 2 aliphatic rings. The summed E-state index contributed by atoms with van der Waals surface area (Å²) >= 11 is 0. The fourth-order valence-electron chi connectivity index (χ4n) is 4.06. The zero-order chi connectivity index (χ0) is 18.1. The van der Waals surface area contributed by atoms with Crippen LogP contribution in [0, 0.1) is 0 Å². The molecule has 1 aliphatic carbocycles. The first-order valence-corrected chi connectivity index (χ1v) is 9.14. The first-order chi connectivity index (χ1) is 12.6. The number of rotatable bonds is 4. The summed E-state index contributed by atoms with van der Waals surface area (Å²) in [5.74, 6) is -0.263. The van der Waals surface area contributed by atoms with Crippen molar-refractivity contribution in [2.75, 3.05) is 11.5 Å². The molecule has 132 valence electrons. The lowest BCUT2D eigenvalue weighted by molar-refractivity contribution is 0.0526. The number of anilines is 1. The first kappa shape index (κ1) is 16.6. The Labute approximate surface area is 154 Å². The maximum atomic E-state index is 12.1. The zero-order valence-corrected chi connectivity index (χ0v) is 15.2. The van der Waals surface area contributed by atoms with E-state index in [0.717, 1.165) is 18.5 Å². The molecule has 26 heavy (non-hydrogen) atoms. The summed E-state index contributed by atoms with van der Waals surface area (Å²) in [5.41, 5.74) is 5.68. The average Bonchev–Trinajstić information content (AvgIpc) is 2.91. The summed E-state index contributed by atoms with van der Waals surface area (Å²) < 4.78 is 5.14. The Balaban J connectivity index is 1.70. The van der Waals surface area contributed by atoms with Gasteiger partial charge in [-0.2, -0.15) is 0 Å². The van der Waals surface area contributed by atoms with E-state index in [2.05, 4.69) is 60.4 Å². The van der Waals surface area contributed by atoms with Crippen molar-refractivity contribution >= 4 is 11.7 Å². The number of fused-ring (bicyclic) bond motifs is 3. The molecule has 0 radical (unpaired) electrons. The number of nitrogens with zero attached hydrogens (tertiary/aromatic N) is 1. The van der Waals surface area contributed by atoms with E-state index in [4.69, 9.17) is 4.74 Å². The molecule has 0 saturated carbocycles. The minimum atomic E-state index is -0.263. The maximum Gasteiger partial charge on any atom is 0.338 e. The lowest BCUT2D eigenvalue weighted by Gasteiger charge is -2.31. The number of para-hydroxylation sites is 1. The van der Waals surface area contributed by atoms with E-state index in [1.807, 2.05) is 25.1 Å².